The van der Waals surface area contributed by atoms with Crippen molar-refractivity contribution in [1.29, 1.82) is 0 Å². The highest BCUT2D eigenvalue weighted by molar-refractivity contribution is 6.22. The summed E-state index contributed by atoms with van der Waals surface area (Å²) in [6.07, 6.45) is 1.46. The Hall–Kier alpha value is -2.88. The monoisotopic (exact) mass is 349 g/mol. The van der Waals surface area contributed by atoms with E-state index in [4.69, 9.17) is 4.74 Å². The molecule has 2 amide bonds. The lowest BCUT2D eigenvalue weighted by Crippen LogP contribution is -2.45. The Balaban J connectivity index is 2.20. The summed E-state index contributed by atoms with van der Waals surface area (Å²) in [5.74, 6) is -0.306. The first-order valence-electron chi connectivity index (χ1n) is 8.65. The van der Waals surface area contributed by atoms with Crippen LogP contribution in [-0.2, 0) is 14.9 Å². The molecular weight excluding hydrogens is 326 g/mol. The Morgan fingerprint density at radius 1 is 1.12 bits per heavy atom. The molecule has 0 unspecified atom stereocenters. The number of carbonyl (C=O) groups is 2. The molecule has 0 spiro atoms. The van der Waals surface area contributed by atoms with E-state index in [9.17, 15) is 9.59 Å². The van der Waals surface area contributed by atoms with Gasteiger partial charge < -0.3 is 4.74 Å². The number of fused-ring (bicyclic) bond motifs is 1. The number of imide groups is 1. The number of hydrogen-bond acceptors (Lipinski definition) is 3. The molecule has 0 aliphatic carbocycles. The summed E-state index contributed by atoms with van der Waals surface area (Å²) in [5.41, 5.74) is 0.530. The summed E-state index contributed by atoms with van der Waals surface area (Å²) < 4.78 is 5.50. The minimum absolute atomic E-state index is 0.306. The molecular formula is C22H23NO3. The topological polar surface area (TPSA) is 46.6 Å². The number of ether oxygens (including phenoxy) is 1. The summed E-state index contributed by atoms with van der Waals surface area (Å²) in [4.78, 5) is 27.6. The average Bonchev–Trinajstić information content (AvgIpc) is 2.84. The molecule has 1 heterocycles. The number of amides is 2. The third-order valence-corrected chi connectivity index (χ3v) is 4.47. The lowest BCUT2D eigenvalue weighted by atomic mass is 9.73. The van der Waals surface area contributed by atoms with Gasteiger partial charge in [0.25, 0.3) is 5.91 Å². The maximum Gasteiger partial charge on any atom is 0.421 e. The zero-order chi connectivity index (χ0) is 18.9. The molecule has 2 aromatic rings. The van der Waals surface area contributed by atoms with Crippen molar-refractivity contribution in [1.82, 2.24) is 0 Å². The lowest BCUT2D eigenvalue weighted by Gasteiger charge is -2.29. The zero-order valence-corrected chi connectivity index (χ0v) is 15.4. The number of anilines is 1. The molecule has 134 valence electrons. The van der Waals surface area contributed by atoms with E-state index in [1.807, 2.05) is 48.5 Å². The van der Waals surface area contributed by atoms with E-state index in [1.165, 1.54) is 0 Å². The smallest absolute Gasteiger partial charge is 0.421 e. The Bertz CT molecular complexity index is 851. The fraction of sp³-hybridized carbons (Fsp3) is 0.273. The molecule has 1 atom stereocenters. The van der Waals surface area contributed by atoms with E-state index in [0.29, 0.717) is 12.1 Å². The molecule has 0 radical (unpaired) electrons. The minimum Gasteiger partial charge on any atom is -0.443 e. The predicted molar refractivity (Wildman–Crippen MR) is 102 cm³/mol. The molecule has 4 heteroatoms. The van der Waals surface area contributed by atoms with Crippen LogP contribution in [0.5, 0.6) is 0 Å². The van der Waals surface area contributed by atoms with Crippen LogP contribution in [0.2, 0.25) is 0 Å². The Labute approximate surface area is 154 Å². The van der Waals surface area contributed by atoms with Gasteiger partial charge in [-0.05, 0) is 44.4 Å². The third-order valence-electron chi connectivity index (χ3n) is 4.47. The minimum atomic E-state index is -0.976. The van der Waals surface area contributed by atoms with Crippen molar-refractivity contribution in [2.75, 3.05) is 4.90 Å². The summed E-state index contributed by atoms with van der Waals surface area (Å²) in [7, 11) is 0. The number of carbonyl (C=O) groups excluding carboxylic acids is 2. The molecule has 0 fully saturated rings. The molecule has 0 aromatic heterocycles. The van der Waals surface area contributed by atoms with Gasteiger partial charge in [-0.3, -0.25) is 4.79 Å². The van der Waals surface area contributed by atoms with Gasteiger partial charge in [0.1, 0.15) is 11.0 Å². The second kappa shape index (κ2) is 6.45. The number of rotatable bonds is 3. The highest BCUT2D eigenvalue weighted by atomic mass is 16.6. The lowest BCUT2D eigenvalue weighted by molar-refractivity contribution is -0.121. The fourth-order valence-corrected chi connectivity index (χ4v) is 3.47. The van der Waals surface area contributed by atoms with E-state index in [2.05, 4.69) is 6.58 Å². The van der Waals surface area contributed by atoms with E-state index >= 15 is 0 Å². The maximum absolute atomic E-state index is 13.6. The number of nitrogens with zero attached hydrogens (tertiary/aromatic N) is 1. The van der Waals surface area contributed by atoms with Gasteiger partial charge in [0.05, 0.1) is 5.69 Å². The van der Waals surface area contributed by atoms with Crippen molar-refractivity contribution < 1.29 is 14.3 Å². The van der Waals surface area contributed by atoms with Gasteiger partial charge in [-0.1, -0.05) is 54.6 Å². The molecule has 0 N–H and O–H groups in total. The number of hydrogen-bond donors (Lipinski definition) is 0. The number of para-hydroxylation sites is 1. The normalized spacial score (nSPS) is 19.2. The van der Waals surface area contributed by atoms with Crippen molar-refractivity contribution in [2.24, 2.45) is 0 Å². The van der Waals surface area contributed by atoms with Crippen LogP contribution >= 0.6 is 0 Å². The Morgan fingerprint density at radius 2 is 1.73 bits per heavy atom. The number of allylic oxidation sites excluding steroid dienone is 1. The van der Waals surface area contributed by atoms with Gasteiger partial charge in [0, 0.05) is 0 Å². The van der Waals surface area contributed by atoms with Crippen molar-refractivity contribution in [3.8, 4) is 0 Å². The standard InChI is InChI=1S/C22H23NO3/c1-5-15-22(16-11-7-6-8-12-16)17-13-9-10-14-18(17)23(19(22)24)20(25)26-21(2,3)4/h5-14H,1,15H2,2-4H3/t22-/m0/s1. The first kappa shape index (κ1) is 17.9. The first-order valence-corrected chi connectivity index (χ1v) is 8.65. The summed E-state index contributed by atoms with van der Waals surface area (Å²) in [6.45, 7) is 9.19. The summed E-state index contributed by atoms with van der Waals surface area (Å²) >= 11 is 0. The largest absolute Gasteiger partial charge is 0.443 e. The van der Waals surface area contributed by atoms with Gasteiger partial charge in [-0.15, -0.1) is 6.58 Å². The van der Waals surface area contributed by atoms with Crippen LogP contribution in [0.1, 0.15) is 38.3 Å². The highest BCUT2D eigenvalue weighted by Crippen LogP contribution is 2.48. The SMILES string of the molecule is C=CC[C@@]1(c2ccccc2)C(=O)N(C(=O)OC(C)(C)C)c2ccccc21. The van der Waals surface area contributed by atoms with E-state index in [-0.39, 0.29) is 5.91 Å². The summed E-state index contributed by atoms with van der Waals surface area (Å²) in [5, 5.41) is 0. The molecule has 4 nitrogen and oxygen atoms in total. The first-order chi connectivity index (χ1) is 12.3. The highest BCUT2D eigenvalue weighted by Gasteiger charge is 2.54. The molecule has 3 rings (SSSR count). The Kier molecular flexibility index (Phi) is 4.45. The average molecular weight is 349 g/mol. The fourth-order valence-electron chi connectivity index (χ4n) is 3.47. The summed E-state index contributed by atoms with van der Waals surface area (Å²) in [6, 6.07) is 16.9. The van der Waals surface area contributed by atoms with Crippen LogP contribution in [0.3, 0.4) is 0 Å². The zero-order valence-electron chi connectivity index (χ0n) is 15.4. The van der Waals surface area contributed by atoms with Crippen LogP contribution in [-0.4, -0.2) is 17.6 Å². The van der Waals surface area contributed by atoms with E-state index < -0.39 is 17.1 Å². The molecule has 0 saturated carbocycles. The third kappa shape index (κ3) is 2.81. The van der Waals surface area contributed by atoms with Crippen molar-refractivity contribution in [2.45, 2.75) is 38.2 Å². The molecule has 1 aliphatic rings. The molecule has 0 saturated heterocycles. The van der Waals surface area contributed by atoms with Crippen LogP contribution in [0, 0.1) is 0 Å². The molecule has 0 bridgehead atoms. The Morgan fingerprint density at radius 3 is 2.35 bits per heavy atom. The maximum atomic E-state index is 13.6. The molecule has 26 heavy (non-hydrogen) atoms. The van der Waals surface area contributed by atoms with Gasteiger partial charge >= 0.3 is 6.09 Å². The van der Waals surface area contributed by atoms with E-state index in [0.717, 1.165) is 16.0 Å². The van der Waals surface area contributed by atoms with Crippen molar-refractivity contribution in [3.05, 3.63) is 78.4 Å². The van der Waals surface area contributed by atoms with Crippen LogP contribution in [0.15, 0.2) is 67.3 Å². The number of benzene rings is 2. The predicted octanol–water partition coefficient (Wildman–Crippen LogP) is 4.83. The van der Waals surface area contributed by atoms with Gasteiger partial charge in [0.2, 0.25) is 0 Å². The van der Waals surface area contributed by atoms with Gasteiger partial charge in [0.15, 0.2) is 0 Å². The second-order valence-corrected chi connectivity index (χ2v) is 7.40. The van der Waals surface area contributed by atoms with Gasteiger partial charge in [-0.25, -0.2) is 9.69 Å². The van der Waals surface area contributed by atoms with E-state index in [1.54, 1.807) is 32.9 Å². The van der Waals surface area contributed by atoms with Gasteiger partial charge in [-0.2, -0.15) is 0 Å². The van der Waals surface area contributed by atoms with Crippen LogP contribution in [0.25, 0.3) is 0 Å². The van der Waals surface area contributed by atoms with Crippen molar-refractivity contribution >= 4 is 17.7 Å². The molecule has 2 aromatic carbocycles. The van der Waals surface area contributed by atoms with Crippen LogP contribution in [0.4, 0.5) is 10.5 Å². The molecule has 1 aliphatic heterocycles. The van der Waals surface area contributed by atoms with Crippen molar-refractivity contribution in [3.63, 3.8) is 0 Å². The quantitative estimate of drug-likeness (QED) is 0.746. The second-order valence-electron chi connectivity index (χ2n) is 7.40. The van der Waals surface area contributed by atoms with Crippen LogP contribution < -0.4 is 4.90 Å².